The van der Waals surface area contributed by atoms with E-state index in [0.29, 0.717) is 11.7 Å². The summed E-state index contributed by atoms with van der Waals surface area (Å²) in [7, 11) is 1.78. The second-order valence-electron chi connectivity index (χ2n) is 4.55. The number of ether oxygens (including phenoxy) is 1. The molecule has 0 amide bonds. The normalized spacial score (nSPS) is 19.9. The van der Waals surface area contributed by atoms with Crippen LogP contribution in [-0.4, -0.2) is 12.1 Å². The lowest BCUT2D eigenvalue weighted by Crippen LogP contribution is -2.17. The maximum Gasteiger partial charge on any atom is 0.137 e. The van der Waals surface area contributed by atoms with Crippen LogP contribution in [0.5, 0.6) is 0 Å². The van der Waals surface area contributed by atoms with Crippen molar-refractivity contribution in [1.82, 2.24) is 4.98 Å². The first-order valence-corrected chi connectivity index (χ1v) is 6.79. The van der Waals surface area contributed by atoms with Gasteiger partial charge in [0.05, 0.1) is 0 Å². The molecule has 1 atom stereocenters. The second kappa shape index (κ2) is 5.15. The molecule has 1 saturated carbocycles. The molecule has 0 bridgehead atoms. The van der Waals surface area contributed by atoms with Gasteiger partial charge in [-0.25, -0.2) is 4.98 Å². The number of nitrogens with zero attached hydrogens (tertiary/aromatic N) is 1. The molecule has 3 nitrogen and oxygen atoms in total. The lowest BCUT2D eigenvalue weighted by atomic mass is 9.85. The van der Waals surface area contributed by atoms with E-state index in [-0.39, 0.29) is 6.10 Å². The molecule has 1 heterocycles. The van der Waals surface area contributed by atoms with Crippen molar-refractivity contribution >= 4 is 17.2 Å². The van der Waals surface area contributed by atoms with Crippen molar-refractivity contribution in [3.05, 3.63) is 9.88 Å². The molecular weight excluding hydrogens is 220 g/mol. The van der Waals surface area contributed by atoms with E-state index in [1.165, 1.54) is 32.1 Å². The number of aryl methyl sites for hydroxylation is 1. The van der Waals surface area contributed by atoms with E-state index < -0.39 is 0 Å². The quantitative estimate of drug-likeness (QED) is 0.881. The van der Waals surface area contributed by atoms with Crippen LogP contribution in [0.2, 0.25) is 0 Å². The zero-order chi connectivity index (χ0) is 11.5. The molecule has 1 aromatic rings. The van der Waals surface area contributed by atoms with Crippen LogP contribution in [0.3, 0.4) is 0 Å². The predicted molar refractivity (Wildman–Crippen MR) is 67.6 cm³/mol. The molecule has 2 rings (SSSR count). The zero-order valence-electron chi connectivity index (χ0n) is 10.0. The van der Waals surface area contributed by atoms with Gasteiger partial charge in [0.1, 0.15) is 16.9 Å². The van der Waals surface area contributed by atoms with Gasteiger partial charge in [-0.2, -0.15) is 0 Å². The molecule has 1 aromatic heterocycles. The molecule has 4 heteroatoms. The van der Waals surface area contributed by atoms with Gasteiger partial charge >= 0.3 is 0 Å². The van der Waals surface area contributed by atoms with Gasteiger partial charge in [0.15, 0.2) is 0 Å². The highest BCUT2D eigenvalue weighted by molar-refractivity contribution is 7.12. The van der Waals surface area contributed by atoms with E-state index in [9.17, 15) is 0 Å². The predicted octanol–water partition coefficient (Wildman–Crippen LogP) is 3.30. The van der Waals surface area contributed by atoms with Crippen LogP contribution in [0.4, 0.5) is 5.82 Å². The molecule has 1 aliphatic carbocycles. The summed E-state index contributed by atoms with van der Waals surface area (Å²) < 4.78 is 5.64. The Morgan fingerprint density at radius 2 is 2.06 bits per heavy atom. The minimum absolute atomic E-state index is 0.154. The lowest BCUT2D eigenvalue weighted by molar-refractivity contribution is 0.0353. The zero-order valence-corrected chi connectivity index (χ0v) is 10.8. The van der Waals surface area contributed by atoms with E-state index >= 15 is 0 Å². The van der Waals surface area contributed by atoms with E-state index in [0.717, 1.165) is 9.88 Å². The Labute approximate surface area is 101 Å². The summed E-state index contributed by atoms with van der Waals surface area (Å²) in [6, 6.07) is 0. The molecule has 2 N–H and O–H groups in total. The highest BCUT2D eigenvalue weighted by Crippen LogP contribution is 2.38. The Balaban J connectivity index is 2.14. The molecule has 0 spiro atoms. The fourth-order valence-corrected chi connectivity index (χ4v) is 3.50. The molecule has 1 fully saturated rings. The number of nitrogen functional groups attached to an aromatic ring is 1. The molecule has 0 radical (unpaired) electrons. The Hall–Kier alpha value is -0.610. The van der Waals surface area contributed by atoms with Crippen LogP contribution < -0.4 is 5.73 Å². The largest absolute Gasteiger partial charge is 0.383 e. The second-order valence-corrected chi connectivity index (χ2v) is 5.78. The van der Waals surface area contributed by atoms with E-state index in [2.05, 4.69) is 4.98 Å². The Morgan fingerprint density at radius 3 is 2.56 bits per heavy atom. The average molecular weight is 240 g/mol. The topological polar surface area (TPSA) is 48.1 Å². The van der Waals surface area contributed by atoms with Gasteiger partial charge in [-0.05, 0) is 25.7 Å². The van der Waals surface area contributed by atoms with Crippen LogP contribution in [0.1, 0.15) is 48.1 Å². The van der Waals surface area contributed by atoms with Gasteiger partial charge in [0.25, 0.3) is 0 Å². The number of rotatable bonds is 3. The summed E-state index contributed by atoms with van der Waals surface area (Å²) in [6.45, 7) is 2.02. The first-order valence-electron chi connectivity index (χ1n) is 5.98. The highest BCUT2D eigenvalue weighted by Gasteiger charge is 2.27. The molecule has 1 unspecified atom stereocenters. The van der Waals surface area contributed by atoms with Crippen molar-refractivity contribution in [2.24, 2.45) is 5.92 Å². The van der Waals surface area contributed by atoms with Crippen molar-refractivity contribution in [2.75, 3.05) is 12.8 Å². The Kier molecular flexibility index (Phi) is 3.82. The summed E-state index contributed by atoms with van der Waals surface area (Å²) in [5.41, 5.74) is 5.81. The van der Waals surface area contributed by atoms with Crippen LogP contribution in [-0.2, 0) is 4.74 Å². The smallest absolute Gasteiger partial charge is 0.137 e. The van der Waals surface area contributed by atoms with Crippen molar-refractivity contribution in [3.63, 3.8) is 0 Å². The summed E-state index contributed by atoms with van der Waals surface area (Å²) >= 11 is 1.68. The number of thiazole rings is 1. The summed E-state index contributed by atoms with van der Waals surface area (Å²) in [5.74, 6) is 1.29. The standard InChI is InChI=1S/C12H20N2OS/c1-8-11(13)14-12(16-8)10(15-2)9-6-4-3-5-7-9/h9-10H,3-7,13H2,1-2H3. The molecule has 0 aliphatic heterocycles. The van der Waals surface area contributed by atoms with E-state index in [1.807, 2.05) is 6.92 Å². The summed E-state index contributed by atoms with van der Waals surface area (Å²) in [6.07, 6.45) is 6.69. The Bertz CT molecular complexity index is 325. The maximum absolute atomic E-state index is 5.81. The lowest BCUT2D eigenvalue weighted by Gasteiger charge is -2.27. The van der Waals surface area contributed by atoms with Crippen LogP contribution in [0.25, 0.3) is 0 Å². The third kappa shape index (κ3) is 2.38. The van der Waals surface area contributed by atoms with Gasteiger partial charge in [0, 0.05) is 12.0 Å². The minimum atomic E-state index is 0.154. The number of anilines is 1. The number of hydrogen-bond acceptors (Lipinski definition) is 4. The first kappa shape index (κ1) is 11.9. The summed E-state index contributed by atoms with van der Waals surface area (Å²) in [5, 5.41) is 1.06. The minimum Gasteiger partial charge on any atom is -0.383 e. The van der Waals surface area contributed by atoms with Gasteiger partial charge in [-0.1, -0.05) is 19.3 Å². The highest BCUT2D eigenvalue weighted by atomic mass is 32.1. The van der Waals surface area contributed by atoms with Gasteiger partial charge < -0.3 is 10.5 Å². The van der Waals surface area contributed by atoms with Crippen molar-refractivity contribution < 1.29 is 4.74 Å². The average Bonchev–Trinajstić information content (AvgIpc) is 2.61. The number of aromatic nitrogens is 1. The van der Waals surface area contributed by atoms with E-state index in [1.54, 1.807) is 18.4 Å². The number of methoxy groups -OCH3 is 1. The van der Waals surface area contributed by atoms with Crippen molar-refractivity contribution in [3.8, 4) is 0 Å². The third-order valence-corrected chi connectivity index (χ3v) is 4.47. The number of nitrogens with two attached hydrogens (primary N) is 1. The molecule has 0 saturated heterocycles. The van der Waals surface area contributed by atoms with Gasteiger partial charge in [-0.15, -0.1) is 11.3 Å². The van der Waals surface area contributed by atoms with Crippen LogP contribution >= 0.6 is 11.3 Å². The molecule has 16 heavy (non-hydrogen) atoms. The van der Waals surface area contributed by atoms with Gasteiger partial charge in [0.2, 0.25) is 0 Å². The molecule has 90 valence electrons. The number of hydrogen-bond donors (Lipinski definition) is 1. The maximum atomic E-state index is 5.81. The molecule has 1 aliphatic rings. The van der Waals surface area contributed by atoms with Crippen LogP contribution in [0.15, 0.2) is 0 Å². The Morgan fingerprint density at radius 1 is 1.38 bits per heavy atom. The van der Waals surface area contributed by atoms with Crippen LogP contribution in [0, 0.1) is 12.8 Å². The third-order valence-electron chi connectivity index (χ3n) is 3.42. The monoisotopic (exact) mass is 240 g/mol. The van der Waals surface area contributed by atoms with E-state index in [4.69, 9.17) is 10.5 Å². The van der Waals surface area contributed by atoms with Crippen molar-refractivity contribution in [2.45, 2.75) is 45.1 Å². The fourth-order valence-electron chi connectivity index (χ4n) is 2.48. The van der Waals surface area contributed by atoms with Gasteiger partial charge in [-0.3, -0.25) is 0 Å². The fraction of sp³-hybridized carbons (Fsp3) is 0.750. The SMILES string of the molecule is COC(c1nc(N)c(C)s1)C1CCCCC1. The first-order chi connectivity index (χ1) is 7.72. The van der Waals surface area contributed by atoms with Crippen molar-refractivity contribution in [1.29, 1.82) is 0 Å². The summed E-state index contributed by atoms with van der Waals surface area (Å²) in [4.78, 5) is 5.53. The molecular formula is C12H20N2OS. The molecule has 0 aromatic carbocycles.